The fourth-order valence-electron chi connectivity index (χ4n) is 3.65. The minimum absolute atomic E-state index is 0.0845. The Morgan fingerprint density at radius 1 is 1.12 bits per heavy atom. The Balaban J connectivity index is 1.88. The summed E-state index contributed by atoms with van der Waals surface area (Å²) in [6.45, 7) is 9.82. The number of hydrogen-bond acceptors (Lipinski definition) is 7. The summed E-state index contributed by atoms with van der Waals surface area (Å²) < 4.78 is 37.1. The summed E-state index contributed by atoms with van der Waals surface area (Å²) in [5, 5.41) is 2.42. The van der Waals surface area contributed by atoms with Crippen LogP contribution in [0.5, 0.6) is 0 Å². The maximum absolute atomic E-state index is 12.5. The molecule has 0 bridgehead atoms. The van der Waals surface area contributed by atoms with E-state index in [0.29, 0.717) is 26.2 Å². The molecule has 184 valence electrons. The number of hydrogen-bond donors (Lipinski definition) is 1. The summed E-state index contributed by atoms with van der Waals surface area (Å²) in [6, 6.07) is 5.46. The average Bonchev–Trinajstić information content (AvgIpc) is 2.77. The lowest BCUT2D eigenvalue weighted by molar-refractivity contribution is -0.163. The van der Waals surface area contributed by atoms with E-state index in [1.807, 2.05) is 13.8 Å². The number of carbonyl (C=O) groups excluding carboxylic acids is 3. The number of sulfonamides is 1. The first-order valence-corrected chi connectivity index (χ1v) is 12.5. The van der Waals surface area contributed by atoms with Crippen LogP contribution in [-0.2, 0) is 29.1 Å². The number of benzene rings is 1. The summed E-state index contributed by atoms with van der Waals surface area (Å²) in [5.41, 5.74) is 0.196. The zero-order chi connectivity index (χ0) is 24.8. The molecule has 2 amide bonds. The molecule has 0 aliphatic carbocycles. The smallest absolute Gasteiger partial charge is 0.326 e. The van der Waals surface area contributed by atoms with Crippen LogP contribution in [0, 0.1) is 0 Å². The predicted molar refractivity (Wildman–Crippen MR) is 121 cm³/mol. The Bertz CT molecular complexity index is 935. The molecule has 1 aliphatic heterocycles. The van der Waals surface area contributed by atoms with Gasteiger partial charge in [-0.25, -0.2) is 8.42 Å². The van der Waals surface area contributed by atoms with Crippen molar-refractivity contribution >= 4 is 27.8 Å². The second kappa shape index (κ2) is 11.6. The summed E-state index contributed by atoms with van der Waals surface area (Å²) in [7, 11) is -3.62. The van der Waals surface area contributed by atoms with Crippen molar-refractivity contribution in [3.63, 3.8) is 0 Å². The first-order valence-electron chi connectivity index (χ1n) is 11.0. The number of carbonyl (C=O) groups is 3. The molecule has 2 rings (SSSR count). The normalized spacial score (nSPS) is 19.8. The lowest BCUT2D eigenvalue weighted by Gasteiger charge is -2.36. The fourth-order valence-corrected chi connectivity index (χ4v) is 5.11. The maximum Gasteiger partial charge on any atom is 0.326 e. The van der Waals surface area contributed by atoms with Crippen molar-refractivity contribution in [3.8, 4) is 0 Å². The summed E-state index contributed by atoms with van der Waals surface area (Å²) in [6.07, 6.45) is -1.20. The molecule has 0 saturated carbocycles. The third-order valence-corrected chi connectivity index (χ3v) is 7.30. The van der Waals surface area contributed by atoms with Gasteiger partial charge in [0.05, 0.1) is 17.1 Å². The molecular weight excluding hydrogens is 450 g/mol. The van der Waals surface area contributed by atoms with Crippen molar-refractivity contribution in [1.82, 2.24) is 14.5 Å². The Kier molecular flexibility index (Phi) is 9.38. The predicted octanol–water partition coefficient (Wildman–Crippen LogP) is 1.01. The lowest BCUT2D eigenvalue weighted by atomic mass is 10.2. The van der Waals surface area contributed by atoms with Crippen LogP contribution >= 0.6 is 0 Å². The molecule has 33 heavy (non-hydrogen) atoms. The molecule has 0 spiro atoms. The highest BCUT2D eigenvalue weighted by atomic mass is 32.2. The number of esters is 1. The van der Waals surface area contributed by atoms with Crippen molar-refractivity contribution in [2.75, 3.05) is 32.7 Å². The van der Waals surface area contributed by atoms with Gasteiger partial charge in [0.2, 0.25) is 10.0 Å². The Morgan fingerprint density at radius 2 is 1.67 bits per heavy atom. The van der Waals surface area contributed by atoms with E-state index in [0.717, 1.165) is 0 Å². The molecule has 11 heteroatoms. The van der Waals surface area contributed by atoms with Crippen LogP contribution in [0.15, 0.2) is 29.2 Å². The zero-order valence-corrected chi connectivity index (χ0v) is 20.6. The van der Waals surface area contributed by atoms with Gasteiger partial charge >= 0.3 is 5.97 Å². The summed E-state index contributed by atoms with van der Waals surface area (Å²) in [4.78, 5) is 38.7. The fraction of sp³-hybridized carbons (Fsp3) is 0.591. The van der Waals surface area contributed by atoms with E-state index in [1.165, 1.54) is 35.5 Å². The van der Waals surface area contributed by atoms with Gasteiger partial charge < -0.3 is 19.7 Å². The number of morpholine rings is 1. The van der Waals surface area contributed by atoms with E-state index < -0.39 is 34.5 Å². The topological polar surface area (TPSA) is 122 Å². The van der Waals surface area contributed by atoms with Crippen LogP contribution in [0.25, 0.3) is 0 Å². The van der Waals surface area contributed by atoms with Gasteiger partial charge in [-0.15, -0.1) is 0 Å². The molecule has 1 saturated heterocycles. The number of rotatable bonds is 9. The first kappa shape index (κ1) is 26.7. The highest BCUT2D eigenvalue weighted by molar-refractivity contribution is 7.89. The van der Waals surface area contributed by atoms with Crippen molar-refractivity contribution < 1.29 is 32.3 Å². The molecule has 0 radical (unpaired) electrons. The summed E-state index contributed by atoms with van der Waals surface area (Å²) >= 11 is 0. The third kappa shape index (κ3) is 6.99. The van der Waals surface area contributed by atoms with Crippen LogP contribution in [0.4, 0.5) is 0 Å². The van der Waals surface area contributed by atoms with Crippen LogP contribution in [-0.4, -0.2) is 86.4 Å². The lowest BCUT2D eigenvalue weighted by Crippen LogP contribution is -2.51. The number of amides is 2. The van der Waals surface area contributed by atoms with Gasteiger partial charge in [0.15, 0.2) is 6.10 Å². The Hall–Kier alpha value is -2.50. The first-order chi connectivity index (χ1) is 15.5. The molecule has 10 nitrogen and oxygen atoms in total. The van der Waals surface area contributed by atoms with Crippen molar-refractivity contribution in [2.45, 2.75) is 57.8 Å². The number of nitrogens with zero attached hydrogens (tertiary/aromatic N) is 2. The maximum atomic E-state index is 12.5. The van der Waals surface area contributed by atoms with E-state index in [1.54, 1.807) is 18.7 Å². The van der Waals surface area contributed by atoms with Crippen LogP contribution in [0.1, 0.15) is 45.0 Å². The molecule has 1 fully saturated rings. The molecule has 1 heterocycles. The standard InChI is InChI=1S/C22H33N3O7S/c1-6-25(7-2)33(29,30)19-10-8-18(9-11-19)21(27)23-12-20(26)32-17(5)22(28)24-13-15(3)31-16(4)14-24/h8-11,15-17H,6-7,12-14H2,1-5H3,(H,23,27). The minimum Gasteiger partial charge on any atom is -0.451 e. The third-order valence-electron chi connectivity index (χ3n) is 5.24. The minimum atomic E-state index is -3.62. The monoisotopic (exact) mass is 483 g/mol. The SMILES string of the molecule is CCN(CC)S(=O)(=O)c1ccc(C(=O)NCC(=O)OC(C)C(=O)N2CC(C)OC(C)C2)cc1. The average molecular weight is 484 g/mol. The largest absolute Gasteiger partial charge is 0.451 e. The second-order valence-corrected chi connectivity index (χ2v) is 9.87. The molecule has 3 atom stereocenters. The van der Waals surface area contributed by atoms with E-state index in [2.05, 4.69) is 5.32 Å². The second-order valence-electron chi connectivity index (χ2n) is 7.93. The van der Waals surface area contributed by atoms with E-state index >= 15 is 0 Å². The highest BCUT2D eigenvalue weighted by Gasteiger charge is 2.30. The van der Waals surface area contributed by atoms with Gasteiger partial charge in [0.25, 0.3) is 11.8 Å². The van der Waals surface area contributed by atoms with Gasteiger partial charge in [0.1, 0.15) is 6.54 Å². The Morgan fingerprint density at radius 3 is 2.18 bits per heavy atom. The molecule has 1 aliphatic rings. The summed E-state index contributed by atoms with van der Waals surface area (Å²) in [5.74, 6) is -1.63. The van der Waals surface area contributed by atoms with Crippen LogP contribution in [0.3, 0.4) is 0 Å². The van der Waals surface area contributed by atoms with Crippen molar-refractivity contribution in [1.29, 1.82) is 0 Å². The van der Waals surface area contributed by atoms with E-state index in [9.17, 15) is 22.8 Å². The quantitative estimate of drug-likeness (QED) is 0.520. The van der Waals surface area contributed by atoms with Gasteiger partial charge in [-0.1, -0.05) is 13.8 Å². The molecule has 3 unspecified atom stereocenters. The van der Waals surface area contributed by atoms with Crippen molar-refractivity contribution in [2.24, 2.45) is 0 Å². The molecule has 1 N–H and O–H groups in total. The number of ether oxygens (including phenoxy) is 2. The van der Waals surface area contributed by atoms with Crippen LogP contribution in [0.2, 0.25) is 0 Å². The van der Waals surface area contributed by atoms with Crippen LogP contribution < -0.4 is 5.32 Å². The molecular formula is C22H33N3O7S. The number of nitrogens with one attached hydrogen (secondary N) is 1. The van der Waals surface area contributed by atoms with Gasteiger partial charge in [-0.05, 0) is 45.0 Å². The van der Waals surface area contributed by atoms with E-state index in [4.69, 9.17) is 9.47 Å². The van der Waals surface area contributed by atoms with Gasteiger partial charge in [-0.2, -0.15) is 4.31 Å². The highest BCUT2D eigenvalue weighted by Crippen LogP contribution is 2.16. The Labute approximate surface area is 195 Å². The molecule has 1 aromatic rings. The molecule has 1 aromatic carbocycles. The zero-order valence-electron chi connectivity index (χ0n) is 19.7. The molecule has 0 aromatic heterocycles. The van der Waals surface area contributed by atoms with Crippen molar-refractivity contribution in [3.05, 3.63) is 29.8 Å². The van der Waals surface area contributed by atoms with Gasteiger partial charge in [-0.3, -0.25) is 14.4 Å². The van der Waals surface area contributed by atoms with Gasteiger partial charge in [0, 0.05) is 31.7 Å². The van der Waals surface area contributed by atoms with E-state index in [-0.39, 0.29) is 28.6 Å².